The molecule has 2 aliphatic rings. The van der Waals surface area contributed by atoms with Gasteiger partial charge in [-0.2, -0.15) is 0 Å². The smallest absolute Gasteiger partial charge is 0.111 e. The maximum atomic E-state index is 9.77. The minimum absolute atomic E-state index is 0.0798. The number of allylic oxidation sites excluding steroid dienone is 3. The van der Waals surface area contributed by atoms with Crippen LogP contribution in [0.3, 0.4) is 0 Å². The number of aliphatic hydroxyl groups is 3. The van der Waals surface area contributed by atoms with Gasteiger partial charge in [-0.05, 0) is 6.42 Å². The van der Waals surface area contributed by atoms with E-state index in [4.69, 9.17) is 9.84 Å². The molecule has 1 heterocycles. The molecule has 4 heteroatoms. The standard InChI is InChI=1S/C11H16O4/c12-6-8-9(13)10(14)11(15-8)7-4-2-1-3-5-7/h1-4,7-14H,5-6H2/t7?,8-,9-,10-,11?/m1/s1. The lowest BCUT2D eigenvalue weighted by atomic mass is 9.91. The first kappa shape index (κ1) is 10.8. The molecule has 15 heavy (non-hydrogen) atoms. The van der Waals surface area contributed by atoms with E-state index in [-0.39, 0.29) is 12.5 Å². The molecule has 2 unspecified atom stereocenters. The highest BCUT2D eigenvalue weighted by Crippen LogP contribution is 2.30. The van der Waals surface area contributed by atoms with E-state index < -0.39 is 24.4 Å². The lowest BCUT2D eigenvalue weighted by molar-refractivity contribution is -0.0349. The highest BCUT2D eigenvalue weighted by molar-refractivity contribution is 5.14. The first-order valence-electron chi connectivity index (χ1n) is 5.20. The van der Waals surface area contributed by atoms with E-state index in [0.29, 0.717) is 0 Å². The molecule has 3 N–H and O–H groups in total. The van der Waals surface area contributed by atoms with E-state index in [1.54, 1.807) is 0 Å². The molecule has 84 valence electrons. The molecule has 0 saturated carbocycles. The van der Waals surface area contributed by atoms with Crippen LogP contribution in [0, 0.1) is 5.92 Å². The molecule has 2 rings (SSSR count). The molecule has 0 bridgehead atoms. The van der Waals surface area contributed by atoms with Crippen LogP contribution in [0.5, 0.6) is 0 Å². The van der Waals surface area contributed by atoms with Crippen LogP contribution in [0.25, 0.3) is 0 Å². The molecule has 5 atom stereocenters. The van der Waals surface area contributed by atoms with E-state index in [2.05, 4.69) is 0 Å². The van der Waals surface area contributed by atoms with Gasteiger partial charge in [0.1, 0.15) is 18.3 Å². The Kier molecular flexibility index (Phi) is 3.21. The highest BCUT2D eigenvalue weighted by atomic mass is 16.6. The van der Waals surface area contributed by atoms with Crippen molar-refractivity contribution in [2.75, 3.05) is 6.61 Å². The molecule has 0 aromatic carbocycles. The molecular weight excluding hydrogens is 196 g/mol. The second kappa shape index (κ2) is 4.45. The Balaban J connectivity index is 2.04. The van der Waals surface area contributed by atoms with Gasteiger partial charge in [-0.3, -0.25) is 0 Å². The quantitative estimate of drug-likeness (QED) is 0.582. The largest absolute Gasteiger partial charge is 0.394 e. The molecule has 0 aromatic rings. The van der Waals surface area contributed by atoms with Crippen LogP contribution in [0.2, 0.25) is 0 Å². The lowest BCUT2D eigenvalue weighted by Gasteiger charge is -2.23. The normalized spacial score (nSPS) is 44.9. The Bertz CT molecular complexity index is 274. The summed E-state index contributed by atoms with van der Waals surface area (Å²) in [5.41, 5.74) is 0. The monoisotopic (exact) mass is 212 g/mol. The maximum absolute atomic E-state index is 9.77. The van der Waals surface area contributed by atoms with Crippen LogP contribution in [0.1, 0.15) is 6.42 Å². The fourth-order valence-electron chi connectivity index (χ4n) is 2.13. The van der Waals surface area contributed by atoms with Crippen molar-refractivity contribution < 1.29 is 20.1 Å². The van der Waals surface area contributed by atoms with Crippen molar-refractivity contribution >= 4 is 0 Å². The summed E-state index contributed by atoms with van der Waals surface area (Å²) in [5, 5.41) is 28.3. The Morgan fingerprint density at radius 3 is 2.53 bits per heavy atom. The van der Waals surface area contributed by atoms with Gasteiger partial charge in [0, 0.05) is 5.92 Å². The Labute approximate surface area is 88.5 Å². The van der Waals surface area contributed by atoms with Crippen molar-refractivity contribution in [1.29, 1.82) is 0 Å². The van der Waals surface area contributed by atoms with Crippen LogP contribution in [0.4, 0.5) is 0 Å². The fourth-order valence-corrected chi connectivity index (χ4v) is 2.13. The predicted octanol–water partition coefficient (Wildman–Crippen LogP) is -0.400. The highest BCUT2D eigenvalue weighted by Gasteiger charge is 2.44. The summed E-state index contributed by atoms with van der Waals surface area (Å²) in [7, 11) is 0. The fraction of sp³-hybridized carbons (Fsp3) is 0.636. The number of hydrogen-bond acceptors (Lipinski definition) is 4. The van der Waals surface area contributed by atoms with Crippen molar-refractivity contribution in [2.45, 2.75) is 30.8 Å². The number of rotatable bonds is 2. The van der Waals surface area contributed by atoms with Crippen molar-refractivity contribution in [2.24, 2.45) is 5.92 Å². The number of ether oxygens (including phenoxy) is 1. The predicted molar refractivity (Wildman–Crippen MR) is 54.1 cm³/mol. The van der Waals surface area contributed by atoms with Gasteiger partial charge in [-0.25, -0.2) is 0 Å². The van der Waals surface area contributed by atoms with E-state index in [1.165, 1.54) is 0 Å². The second-order valence-corrected chi connectivity index (χ2v) is 4.02. The zero-order valence-electron chi connectivity index (χ0n) is 8.36. The summed E-state index contributed by atoms with van der Waals surface area (Å²) < 4.78 is 5.44. The molecule has 1 aliphatic carbocycles. The van der Waals surface area contributed by atoms with Gasteiger partial charge in [0.25, 0.3) is 0 Å². The van der Waals surface area contributed by atoms with Gasteiger partial charge >= 0.3 is 0 Å². The summed E-state index contributed by atoms with van der Waals surface area (Å²) in [6.07, 6.45) is 5.62. The summed E-state index contributed by atoms with van der Waals surface area (Å²) >= 11 is 0. The number of hydrogen-bond donors (Lipinski definition) is 3. The van der Waals surface area contributed by atoms with Crippen molar-refractivity contribution in [3.8, 4) is 0 Å². The Morgan fingerprint density at radius 2 is 2.00 bits per heavy atom. The summed E-state index contributed by atoms with van der Waals surface area (Å²) in [4.78, 5) is 0. The van der Waals surface area contributed by atoms with Crippen LogP contribution in [-0.2, 0) is 4.74 Å². The van der Waals surface area contributed by atoms with Gasteiger partial charge in [0.15, 0.2) is 0 Å². The molecular formula is C11H16O4. The van der Waals surface area contributed by atoms with Crippen LogP contribution in [-0.4, -0.2) is 46.3 Å². The van der Waals surface area contributed by atoms with Crippen LogP contribution >= 0.6 is 0 Å². The second-order valence-electron chi connectivity index (χ2n) is 4.02. The Hall–Kier alpha value is -0.680. The van der Waals surface area contributed by atoms with E-state index >= 15 is 0 Å². The van der Waals surface area contributed by atoms with Crippen molar-refractivity contribution in [3.63, 3.8) is 0 Å². The van der Waals surface area contributed by atoms with Gasteiger partial charge < -0.3 is 20.1 Å². The number of aliphatic hydroxyl groups excluding tert-OH is 3. The lowest BCUT2D eigenvalue weighted by Crippen LogP contribution is -2.36. The zero-order valence-corrected chi connectivity index (χ0v) is 8.36. The van der Waals surface area contributed by atoms with Crippen molar-refractivity contribution in [1.82, 2.24) is 0 Å². The molecule has 4 nitrogen and oxygen atoms in total. The van der Waals surface area contributed by atoms with Gasteiger partial charge in [-0.15, -0.1) is 0 Å². The van der Waals surface area contributed by atoms with Gasteiger partial charge in [0.2, 0.25) is 0 Å². The van der Waals surface area contributed by atoms with Crippen molar-refractivity contribution in [3.05, 3.63) is 24.3 Å². The summed E-state index contributed by atoms with van der Waals surface area (Å²) in [6.45, 7) is -0.263. The molecule has 0 amide bonds. The third-order valence-corrected chi connectivity index (χ3v) is 3.02. The third kappa shape index (κ3) is 1.99. The van der Waals surface area contributed by atoms with E-state index in [1.807, 2.05) is 24.3 Å². The minimum atomic E-state index is -0.987. The van der Waals surface area contributed by atoms with E-state index in [9.17, 15) is 10.2 Å². The SMILES string of the molecule is OC[C@H]1OC(C2C=CC=CC2)[C@H](O)[C@@H]1O. The summed E-state index contributed by atoms with van der Waals surface area (Å²) in [6, 6.07) is 0. The molecule has 0 spiro atoms. The Morgan fingerprint density at radius 1 is 1.20 bits per heavy atom. The van der Waals surface area contributed by atoms with Crippen LogP contribution < -0.4 is 0 Å². The molecule has 1 saturated heterocycles. The van der Waals surface area contributed by atoms with Crippen LogP contribution in [0.15, 0.2) is 24.3 Å². The van der Waals surface area contributed by atoms with E-state index in [0.717, 1.165) is 6.42 Å². The molecule has 0 aromatic heterocycles. The zero-order chi connectivity index (χ0) is 10.8. The molecule has 1 fully saturated rings. The molecule has 1 aliphatic heterocycles. The first-order valence-corrected chi connectivity index (χ1v) is 5.20. The average Bonchev–Trinajstić information content (AvgIpc) is 2.57. The third-order valence-electron chi connectivity index (χ3n) is 3.02. The maximum Gasteiger partial charge on any atom is 0.111 e. The molecule has 0 radical (unpaired) electrons. The first-order chi connectivity index (χ1) is 7.24. The minimum Gasteiger partial charge on any atom is -0.394 e. The van der Waals surface area contributed by atoms with Gasteiger partial charge in [0.05, 0.1) is 12.7 Å². The summed E-state index contributed by atoms with van der Waals surface area (Å²) in [5.74, 6) is 0.0798. The topological polar surface area (TPSA) is 69.9 Å². The van der Waals surface area contributed by atoms with Gasteiger partial charge in [-0.1, -0.05) is 24.3 Å². The average molecular weight is 212 g/mol.